The topological polar surface area (TPSA) is 84.3 Å². The van der Waals surface area contributed by atoms with Gasteiger partial charge in [-0.25, -0.2) is 4.79 Å². The lowest BCUT2D eigenvalue weighted by atomic mass is 10.1. The van der Waals surface area contributed by atoms with E-state index in [4.69, 9.17) is 0 Å². The molecule has 0 bridgehead atoms. The zero-order chi connectivity index (χ0) is 15.4. The van der Waals surface area contributed by atoms with Crippen LogP contribution in [0.2, 0.25) is 0 Å². The first-order chi connectivity index (χ1) is 9.94. The minimum Gasteiger partial charge on any atom is -0.308 e. The number of amides is 2. The number of aryl methyl sites for hydroxylation is 2. The van der Waals surface area contributed by atoms with Crippen molar-refractivity contribution in [1.82, 2.24) is 0 Å². The molecular weight excluding hydrogens is 270 g/mol. The van der Waals surface area contributed by atoms with Crippen LogP contribution in [0.3, 0.4) is 0 Å². The minimum absolute atomic E-state index is 0.0702. The summed E-state index contributed by atoms with van der Waals surface area (Å²) in [5, 5.41) is 16.0. The van der Waals surface area contributed by atoms with Crippen molar-refractivity contribution in [3.8, 4) is 0 Å². The number of carbonyl (C=O) groups excluding carboxylic acids is 1. The van der Waals surface area contributed by atoms with Crippen LogP contribution in [0, 0.1) is 24.0 Å². The van der Waals surface area contributed by atoms with Crippen molar-refractivity contribution < 1.29 is 9.72 Å². The van der Waals surface area contributed by atoms with Crippen LogP contribution in [0.5, 0.6) is 0 Å². The molecule has 2 aromatic carbocycles. The van der Waals surface area contributed by atoms with Crippen molar-refractivity contribution in [3.63, 3.8) is 0 Å². The van der Waals surface area contributed by atoms with Gasteiger partial charge in [0.15, 0.2) is 0 Å². The second kappa shape index (κ2) is 6.04. The second-order valence-electron chi connectivity index (χ2n) is 4.76. The Morgan fingerprint density at radius 2 is 1.62 bits per heavy atom. The molecule has 0 aliphatic rings. The quantitative estimate of drug-likeness (QED) is 0.663. The molecular formula is C15H15N3O3. The Morgan fingerprint density at radius 1 is 1.00 bits per heavy atom. The van der Waals surface area contributed by atoms with Gasteiger partial charge in [0.1, 0.15) is 0 Å². The van der Waals surface area contributed by atoms with E-state index >= 15 is 0 Å². The molecule has 0 aliphatic heterocycles. The lowest BCUT2D eigenvalue weighted by Crippen LogP contribution is -2.19. The van der Waals surface area contributed by atoms with Crippen molar-refractivity contribution in [2.45, 2.75) is 13.8 Å². The average Bonchev–Trinajstić information content (AvgIpc) is 2.37. The number of benzene rings is 2. The third-order valence-electron chi connectivity index (χ3n) is 2.79. The van der Waals surface area contributed by atoms with Crippen molar-refractivity contribution in [1.29, 1.82) is 0 Å². The van der Waals surface area contributed by atoms with Crippen LogP contribution in [0.25, 0.3) is 0 Å². The van der Waals surface area contributed by atoms with E-state index in [0.29, 0.717) is 11.4 Å². The molecule has 0 aliphatic carbocycles. The molecule has 0 atom stereocenters. The van der Waals surface area contributed by atoms with Crippen molar-refractivity contribution >= 4 is 23.1 Å². The largest absolute Gasteiger partial charge is 0.323 e. The van der Waals surface area contributed by atoms with Gasteiger partial charge in [0.2, 0.25) is 0 Å². The zero-order valence-corrected chi connectivity index (χ0v) is 11.7. The monoisotopic (exact) mass is 285 g/mol. The summed E-state index contributed by atoms with van der Waals surface area (Å²) in [6.07, 6.45) is 0. The number of anilines is 2. The molecule has 2 rings (SSSR count). The fraction of sp³-hybridized carbons (Fsp3) is 0.133. The predicted molar refractivity (Wildman–Crippen MR) is 81.7 cm³/mol. The molecule has 6 nitrogen and oxygen atoms in total. The van der Waals surface area contributed by atoms with Gasteiger partial charge >= 0.3 is 6.03 Å². The maximum Gasteiger partial charge on any atom is 0.323 e. The smallest absolute Gasteiger partial charge is 0.308 e. The molecule has 0 saturated carbocycles. The number of non-ortho nitro benzene ring substituents is 1. The van der Waals surface area contributed by atoms with Crippen LogP contribution < -0.4 is 10.6 Å². The van der Waals surface area contributed by atoms with E-state index in [0.717, 1.165) is 11.1 Å². The third kappa shape index (κ3) is 4.04. The molecule has 6 heteroatoms. The van der Waals surface area contributed by atoms with Gasteiger partial charge < -0.3 is 10.6 Å². The molecule has 0 aromatic heterocycles. The van der Waals surface area contributed by atoms with Crippen molar-refractivity contribution in [2.75, 3.05) is 10.6 Å². The standard InChI is InChI=1S/C15H15N3O3/c1-10-6-11(2)8-13(7-10)17-15(19)16-12-4-3-5-14(9-12)18(20)21/h3-9H,1-2H3,(H2,16,17,19). The number of nitro benzene ring substituents is 1. The summed E-state index contributed by atoms with van der Waals surface area (Å²) in [5.41, 5.74) is 3.06. The van der Waals surface area contributed by atoms with Gasteiger partial charge in [-0.2, -0.15) is 0 Å². The third-order valence-corrected chi connectivity index (χ3v) is 2.79. The summed E-state index contributed by atoms with van der Waals surface area (Å²) >= 11 is 0. The van der Waals surface area contributed by atoms with E-state index in [1.807, 2.05) is 32.0 Å². The Morgan fingerprint density at radius 3 is 2.24 bits per heavy atom. The first kappa shape index (κ1) is 14.5. The van der Waals surface area contributed by atoms with Gasteiger partial charge in [0, 0.05) is 23.5 Å². The fourth-order valence-electron chi connectivity index (χ4n) is 2.04. The van der Waals surface area contributed by atoms with Crippen molar-refractivity contribution in [2.24, 2.45) is 0 Å². The summed E-state index contributed by atoms with van der Waals surface area (Å²) < 4.78 is 0. The predicted octanol–water partition coefficient (Wildman–Crippen LogP) is 3.86. The van der Waals surface area contributed by atoms with Crippen molar-refractivity contribution in [3.05, 3.63) is 63.7 Å². The molecule has 0 spiro atoms. The number of urea groups is 1. The summed E-state index contributed by atoms with van der Waals surface area (Å²) in [7, 11) is 0. The Bertz CT molecular complexity index is 678. The van der Waals surface area contributed by atoms with Crippen LogP contribution in [-0.2, 0) is 0 Å². The molecule has 21 heavy (non-hydrogen) atoms. The summed E-state index contributed by atoms with van der Waals surface area (Å²) in [5.74, 6) is 0. The lowest BCUT2D eigenvalue weighted by Gasteiger charge is -2.09. The van der Waals surface area contributed by atoms with Crippen LogP contribution in [0.1, 0.15) is 11.1 Å². The first-order valence-corrected chi connectivity index (χ1v) is 6.35. The number of nitro groups is 1. The Hall–Kier alpha value is -2.89. The maximum absolute atomic E-state index is 11.9. The van der Waals surface area contributed by atoms with E-state index in [9.17, 15) is 14.9 Å². The highest BCUT2D eigenvalue weighted by atomic mass is 16.6. The van der Waals surface area contributed by atoms with Crippen LogP contribution in [0.4, 0.5) is 21.9 Å². The second-order valence-corrected chi connectivity index (χ2v) is 4.76. The molecule has 0 radical (unpaired) electrons. The highest BCUT2D eigenvalue weighted by Gasteiger charge is 2.08. The molecule has 2 amide bonds. The Labute approximate surface area is 121 Å². The maximum atomic E-state index is 11.9. The van der Waals surface area contributed by atoms with Gasteiger partial charge in [-0.15, -0.1) is 0 Å². The molecule has 108 valence electrons. The van der Waals surface area contributed by atoms with Gasteiger partial charge in [-0.3, -0.25) is 10.1 Å². The number of carbonyl (C=O) groups is 1. The number of nitrogens with zero attached hydrogens (tertiary/aromatic N) is 1. The fourth-order valence-corrected chi connectivity index (χ4v) is 2.04. The van der Waals surface area contributed by atoms with Gasteiger partial charge in [-0.1, -0.05) is 12.1 Å². The minimum atomic E-state index is -0.507. The molecule has 0 heterocycles. The normalized spacial score (nSPS) is 10.0. The molecule has 0 saturated heterocycles. The van der Waals surface area contributed by atoms with E-state index in [1.54, 1.807) is 6.07 Å². The van der Waals surface area contributed by atoms with Gasteiger partial charge in [0.05, 0.1) is 4.92 Å². The summed E-state index contributed by atoms with van der Waals surface area (Å²) in [6.45, 7) is 3.88. The molecule has 0 fully saturated rings. The van der Waals surface area contributed by atoms with Gasteiger partial charge in [-0.05, 0) is 43.2 Å². The van der Waals surface area contributed by atoms with Crippen LogP contribution >= 0.6 is 0 Å². The molecule has 2 N–H and O–H groups in total. The SMILES string of the molecule is Cc1cc(C)cc(NC(=O)Nc2cccc([N+](=O)[O-])c2)c1. The number of hydrogen-bond acceptors (Lipinski definition) is 3. The molecule has 0 unspecified atom stereocenters. The van der Waals surface area contributed by atoms with Crippen LogP contribution in [-0.4, -0.2) is 11.0 Å². The highest BCUT2D eigenvalue weighted by molar-refractivity contribution is 6.00. The average molecular weight is 285 g/mol. The Balaban J connectivity index is 2.08. The number of rotatable bonds is 3. The first-order valence-electron chi connectivity index (χ1n) is 6.35. The highest BCUT2D eigenvalue weighted by Crippen LogP contribution is 2.18. The van der Waals surface area contributed by atoms with Crippen LogP contribution in [0.15, 0.2) is 42.5 Å². The summed E-state index contributed by atoms with van der Waals surface area (Å²) in [4.78, 5) is 22.1. The molecule has 2 aromatic rings. The van der Waals surface area contributed by atoms with E-state index < -0.39 is 11.0 Å². The van der Waals surface area contributed by atoms with E-state index in [1.165, 1.54) is 18.2 Å². The van der Waals surface area contributed by atoms with Gasteiger partial charge in [0.25, 0.3) is 5.69 Å². The zero-order valence-electron chi connectivity index (χ0n) is 11.7. The Kier molecular flexibility index (Phi) is 4.18. The number of nitrogens with one attached hydrogen (secondary N) is 2. The van der Waals surface area contributed by atoms with E-state index in [2.05, 4.69) is 10.6 Å². The lowest BCUT2D eigenvalue weighted by molar-refractivity contribution is -0.384. The number of hydrogen-bond donors (Lipinski definition) is 2. The summed E-state index contributed by atoms with van der Waals surface area (Å²) in [6, 6.07) is 11.0. The van der Waals surface area contributed by atoms with E-state index in [-0.39, 0.29) is 5.69 Å².